The summed E-state index contributed by atoms with van der Waals surface area (Å²) in [6.45, 7) is 3.06. The molecule has 1 aliphatic heterocycles. The number of hydrogen-bond donors (Lipinski definition) is 0. The van der Waals surface area contributed by atoms with E-state index in [2.05, 4.69) is 0 Å². The molecule has 20 heavy (non-hydrogen) atoms. The summed E-state index contributed by atoms with van der Waals surface area (Å²) in [5, 5.41) is 0. The van der Waals surface area contributed by atoms with Gasteiger partial charge < -0.3 is 19.1 Å². The van der Waals surface area contributed by atoms with Crippen LogP contribution in [0.1, 0.15) is 5.56 Å². The molecule has 1 atom stereocenters. The van der Waals surface area contributed by atoms with Crippen molar-refractivity contribution in [2.75, 3.05) is 37.8 Å². The molecule has 1 unspecified atom stereocenters. The number of aryl methyl sites for hydroxylation is 1. The van der Waals surface area contributed by atoms with E-state index in [4.69, 9.17) is 25.8 Å². The Labute approximate surface area is 123 Å². The van der Waals surface area contributed by atoms with Crippen LogP contribution in [-0.2, 0) is 14.3 Å². The quantitative estimate of drug-likeness (QED) is 0.780. The molecule has 1 heterocycles. The van der Waals surface area contributed by atoms with Gasteiger partial charge in [-0.25, -0.2) is 0 Å². The van der Waals surface area contributed by atoms with E-state index in [9.17, 15) is 4.79 Å². The van der Waals surface area contributed by atoms with Gasteiger partial charge in [-0.15, -0.1) is 11.6 Å². The molecule has 0 aromatic heterocycles. The van der Waals surface area contributed by atoms with Crippen LogP contribution in [0.2, 0.25) is 0 Å². The highest BCUT2D eigenvalue weighted by Crippen LogP contribution is 2.32. The number of halogens is 1. The fourth-order valence-electron chi connectivity index (χ4n) is 2.21. The molecule has 1 aromatic carbocycles. The standard InChI is InChI=1S/C14H18ClNO4/c1-10-4-3-5-12(18-2)14(10)16(13(17)6-15)7-11-8-19-9-20-11/h3-5,11H,6-9H2,1-2H3. The van der Waals surface area contributed by atoms with Crippen LogP contribution in [-0.4, -0.2) is 44.9 Å². The first-order valence-corrected chi connectivity index (χ1v) is 6.90. The van der Waals surface area contributed by atoms with Crippen molar-refractivity contribution in [2.45, 2.75) is 13.0 Å². The fourth-order valence-corrected chi connectivity index (χ4v) is 2.36. The lowest BCUT2D eigenvalue weighted by molar-refractivity contribution is -0.116. The number of rotatable bonds is 5. The van der Waals surface area contributed by atoms with Gasteiger partial charge in [-0.2, -0.15) is 0 Å². The monoisotopic (exact) mass is 299 g/mol. The van der Waals surface area contributed by atoms with Crippen LogP contribution in [0.5, 0.6) is 5.75 Å². The van der Waals surface area contributed by atoms with Gasteiger partial charge in [-0.05, 0) is 18.6 Å². The van der Waals surface area contributed by atoms with E-state index >= 15 is 0 Å². The molecule has 1 amide bonds. The summed E-state index contributed by atoms with van der Waals surface area (Å²) in [7, 11) is 1.58. The number of benzene rings is 1. The Morgan fingerprint density at radius 3 is 2.95 bits per heavy atom. The van der Waals surface area contributed by atoms with Crippen LogP contribution in [0.4, 0.5) is 5.69 Å². The Balaban J connectivity index is 2.32. The molecule has 0 radical (unpaired) electrons. The number of carbonyl (C=O) groups excluding carboxylic acids is 1. The van der Waals surface area contributed by atoms with Crippen molar-refractivity contribution in [3.8, 4) is 5.75 Å². The van der Waals surface area contributed by atoms with Crippen LogP contribution >= 0.6 is 11.6 Å². The van der Waals surface area contributed by atoms with Crippen LogP contribution in [0.25, 0.3) is 0 Å². The largest absolute Gasteiger partial charge is 0.495 e. The molecule has 5 nitrogen and oxygen atoms in total. The van der Waals surface area contributed by atoms with Crippen molar-refractivity contribution < 1.29 is 19.0 Å². The molecule has 0 aliphatic carbocycles. The Bertz CT molecular complexity index is 474. The number of carbonyl (C=O) groups is 1. The molecule has 2 rings (SSSR count). The van der Waals surface area contributed by atoms with Crippen molar-refractivity contribution in [1.82, 2.24) is 0 Å². The van der Waals surface area contributed by atoms with Gasteiger partial charge in [0.05, 0.1) is 25.9 Å². The lowest BCUT2D eigenvalue weighted by atomic mass is 10.1. The predicted octanol–water partition coefficient (Wildman–Crippen LogP) is 1.95. The van der Waals surface area contributed by atoms with Crippen molar-refractivity contribution in [3.05, 3.63) is 23.8 Å². The Kier molecular flexibility index (Phi) is 5.23. The number of methoxy groups -OCH3 is 1. The van der Waals surface area contributed by atoms with Gasteiger partial charge in [-0.3, -0.25) is 4.79 Å². The molecular formula is C14H18ClNO4. The normalized spacial score (nSPS) is 18.1. The second-order valence-electron chi connectivity index (χ2n) is 4.54. The molecule has 1 aromatic rings. The van der Waals surface area contributed by atoms with E-state index in [1.54, 1.807) is 12.0 Å². The van der Waals surface area contributed by atoms with E-state index in [1.165, 1.54) is 0 Å². The summed E-state index contributed by atoms with van der Waals surface area (Å²) in [4.78, 5) is 13.8. The van der Waals surface area contributed by atoms with Crippen molar-refractivity contribution in [1.29, 1.82) is 0 Å². The number of anilines is 1. The molecule has 1 aliphatic rings. The Hall–Kier alpha value is -1.30. The van der Waals surface area contributed by atoms with Gasteiger partial charge in [0.1, 0.15) is 24.5 Å². The maximum absolute atomic E-state index is 12.2. The number of amides is 1. The first-order chi connectivity index (χ1) is 9.67. The van der Waals surface area contributed by atoms with Gasteiger partial charge in [0.2, 0.25) is 5.91 Å². The minimum atomic E-state index is -0.185. The zero-order valence-electron chi connectivity index (χ0n) is 11.6. The minimum absolute atomic E-state index is 0.0922. The molecular weight excluding hydrogens is 282 g/mol. The minimum Gasteiger partial charge on any atom is -0.495 e. The van der Waals surface area contributed by atoms with E-state index < -0.39 is 0 Å². The lowest BCUT2D eigenvalue weighted by Gasteiger charge is -2.27. The lowest BCUT2D eigenvalue weighted by Crippen LogP contribution is -2.39. The molecule has 0 spiro atoms. The molecule has 0 N–H and O–H groups in total. The summed E-state index contributed by atoms with van der Waals surface area (Å²) in [6, 6.07) is 5.64. The third-order valence-electron chi connectivity index (χ3n) is 3.18. The highest BCUT2D eigenvalue weighted by atomic mass is 35.5. The number of nitrogens with zero attached hydrogens (tertiary/aromatic N) is 1. The second-order valence-corrected chi connectivity index (χ2v) is 4.81. The van der Waals surface area contributed by atoms with Crippen LogP contribution in [0.15, 0.2) is 18.2 Å². The summed E-state index contributed by atoms with van der Waals surface area (Å²) in [6.07, 6.45) is -0.147. The van der Waals surface area contributed by atoms with Gasteiger partial charge >= 0.3 is 0 Å². The fraction of sp³-hybridized carbons (Fsp3) is 0.500. The first-order valence-electron chi connectivity index (χ1n) is 6.36. The molecule has 6 heteroatoms. The van der Waals surface area contributed by atoms with Crippen molar-refractivity contribution >= 4 is 23.2 Å². The Morgan fingerprint density at radius 1 is 1.55 bits per heavy atom. The predicted molar refractivity (Wildman–Crippen MR) is 76.5 cm³/mol. The third-order valence-corrected chi connectivity index (χ3v) is 3.41. The molecule has 1 fully saturated rings. The topological polar surface area (TPSA) is 48.0 Å². The highest BCUT2D eigenvalue weighted by molar-refractivity contribution is 6.29. The zero-order valence-corrected chi connectivity index (χ0v) is 12.4. The van der Waals surface area contributed by atoms with Gasteiger partial charge in [-0.1, -0.05) is 12.1 Å². The van der Waals surface area contributed by atoms with Gasteiger partial charge in [0.25, 0.3) is 0 Å². The average Bonchev–Trinajstić information content (AvgIpc) is 2.97. The third kappa shape index (κ3) is 3.23. The summed E-state index contributed by atoms with van der Waals surface area (Å²) in [5.41, 5.74) is 1.68. The SMILES string of the molecule is COc1cccc(C)c1N(CC1COCO1)C(=O)CCl. The number of alkyl halides is 1. The van der Waals surface area contributed by atoms with Crippen molar-refractivity contribution in [2.24, 2.45) is 0 Å². The number of ether oxygens (including phenoxy) is 3. The second kappa shape index (κ2) is 6.92. The molecule has 110 valence electrons. The molecule has 0 saturated carbocycles. The van der Waals surface area contributed by atoms with Crippen LogP contribution in [0, 0.1) is 6.92 Å². The van der Waals surface area contributed by atoms with E-state index in [-0.39, 0.29) is 24.7 Å². The van der Waals surface area contributed by atoms with E-state index in [1.807, 2.05) is 25.1 Å². The van der Waals surface area contributed by atoms with E-state index in [0.29, 0.717) is 18.9 Å². The van der Waals surface area contributed by atoms with Gasteiger partial charge in [0, 0.05) is 0 Å². The van der Waals surface area contributed by atoms with Gasteiger partial charge in [0.15, 0.2) is 0 Å². The zero-order chi connectivity index (χ0) is 14.5. The first kappa shape index (κ1) is 15.1. The van der Waals surface area contributed by atoms with Crippen LogP contribution in [0.3, 0.4) is 0 Å². The maximum Gasteiger partial charge on any atom is 0.242 e. The highest BCUT2D eigenvalue weighted by Gasteiger charge is 2.26. The molecule has 0 bridgehead atoms. The number of hydrogen-bond acceptors (Lipinski definition) is 4. The summed E-state index contributed by atoms with van der Waals surface area (Å²) < 4.78 is 15.9. The Morgan fingerprint density at radius 2 is 2.35 bits per heavy atom. The smallest absolute Gasteiger partial charge is 0.242 e. The summed E-state index contributed by atoms with van der Waals surface area (Å²) in [5.74, 6) is 0.363. The average molecular weight is 300 g/mol. The molecule has 1 saturated heterocycles. The maximum atomic E-state index is 12.2. The van der Waals surface area contributed by atoms with E-state index in [0.717, 1.165) is 11.3 Å². The summed E-state index contributed by atoms with van der Waals surface area (Å²) >= 11 is 5.73. The van der Waals surface area contributed by atoms with Crippen LogP contribution < -0.4 is 9.64 Å². The number of para-hydroxylation sites is 1. The van der Waals surface area contributed by atoms with Crippen molar-refractivity contribution in [3.63, 3.8) is 0 Å².